The number of carbonyl (C=O) groups excluding carboxylic acids is 2. The van der Waals surface area contributed by atoms with Crippen molar-refractivity contribution in [2.75, 3.05) is 6.61 Å². The largest absolute Gasteiger partial charge is 0.458 e. The van der Waals surface area contributed by atoms with E-state index in [2.05, 4.69) is 12.7 Å². The molecule has 0 unspecified atom stereocenters. The van der Waals surface area contributed by atoms with Crippen molar-refractivity contribution in [3.8, 4) is 0 Å². The van der Waals surface area contributed by atoms with E-state index in [1.54, 1.807) is 6.92 Å². The average Bonchev–Trinajstić information content (AvgIpc) is 2.80. The summed E-state index contributed by atoms with van der Waals surface area (Å²) < 4.78 is 11.1. The van der Waals surface area contributed by atoms with Crippen LogP contribution in [-0.4, -0.2) is 35.9 Å². The highest BCUT2D eigenvalue weighted by atomic mass is 16.6. The number of allylic oxidation sites excluding steroid dienone is 2. The Morgan fingerprint density at radius 3 is 2.84 bits per heavy atom. The number of carbonyl (C=O) groups is 2. The molecule has 0 aromatic carbocycles. The lowest BCUT2D eigenvalue weighted by molar-refractivity contribution is -0.147. The Labute approximate surface area is 148 Å². The van der Waals surface area contributed by atoms with E-state index in [-0.39, 0.29) is 6.61 Å². The molecule has 0 aromatic heterocycles. The van der Waals surface area contributed by atoms with Gasteiger partial charge in [0.05, 0.1) is 12.5 Å². The molecule has 1 aliphatic carbocycles. The van der Waals surface area contributed by atoms with Crippen LogP contribution in [0.4, 0.5) is 0 Å². The van der Waals surface area contributed by atoms with Gasteiger partial charge in [-0.3, -0.25) is 0 Å². The quantitative estimate of drug-likeness (QED) is 0.483. The molecular weight excluding hydrogens is 320 g/mol. The van der Waals surface area contributed by atoms with E-state index in [1.165, 1.54) is 6.08 Å². The van der Waals surface area contributed by atoms with Gasteiger partial charge in [-0.05, 0) is 45.8 Å². The van der Waals surface area contributed by atoms with Crippen LogP contribution in [0.1, 0.15) is 40.0 Å². The number of hydrogen-bond acceptors (Lipinski definition) is 5. The van der Waals surface area contributed by atoms with Gasteiger partial charge in [0.1, 0.15) is 12.2 Å². The summed E-state index contributed by atoms with van der Waals surface area (Å²) in [7, 11) is 0. The molecule has 0 bridgehead atoms. The molecule has 1 heterocycles. The number of hydrogen-bond donors (Lipinski definition) is 1. The van der Waals surface area contributed by atoms with Gasteiger partial charge in [0, 0.05) is 17.6 Å². The van der Waals surface area contributed by atoms with Gasteiger partial charge in [-0.15, -0.1) is 0 Å². The summed E-state index contributed by atoms with van der Waals surface area (Å²) >= 11 is 0. The van der Waals surface area contributed by atoms with Crippen molar-refractivity contribution in [2.45, 2.75) is 52.2 Å². The van der Waals surface area contributed by atoms with Gasteiger partial charge in [-0.2, -0.15) is 0 Å². The van der Waals surface area contributed by atoms with Crippen molar-refractivity contribution in [1.82, 2.24) is 0 Å². The maximum Gasteiger partial charge on any atom is 0.334 e. The Morgan fingerprint density at radius 2 is 2.16 bits per heavy atom. The van der Waals surface area contributed by atoms with Crippen molar-refractivity contribution >= 4 is 11.9 Å². The van der Waals surface area contributed by atoms with Crippen LogP contribution in [0.15, 0.2) is 47.1 Å². The van der Waals surface area contributed by atoms with Gasteiger partial charge in [0.2, 0.25) is 0 Å². The zero-order chi connectivity index (χ0) is 18.6. The molecule has 2 rings (SSSR count). The second kappa shape index (κ2) is 8.30. The molecule has 0 saturated carbocycles. The summed E-state index contributed by atoms with van der Waals surface area (Å²) in [6.45, 7) is 9.23. The molecule has 3 atom stereocenters. The first-order valence-electron chi connectivity index (χ1n) is 8.54. The summed E-state index contributed by atoms with van der Waals surface area (Å²) in [5.74, 6) is -1.35. The summed E-state index contributed by atoms with van der Waals surface area (Å²) in [4.78, 5) is 24.4. The second-order valence-corrected chi connectivity index (χ2v) is 6.74. The standard InChI is InChI=1S/C20H26O5/c1-12-6-5-7-13(2)11-17-18(15(4)20(23)25-17)16(10-12)24-19(22)14(3)8-9-21/h6,8,11,16-18,21H,4-5,7,9-10H2,1-3H3/b12-6+,13-11+,14-8+/t16-,17-,18-/m1/s1. The van der Waals surface area contributed by atoms with Gasteiger partial charge in [0.25, 0.3) is 0 Å². The molecule has 5 nitrogen and oxygen atoms in total. The first-order chi connectivity index (χ1) is 11.8. The molecule has 1 N–H and O–H groups in total. The fraction of sp³-hybridized carbons (Fsp3) is 0.500. The first kappa shape index (κ1) is 19.2. The SMILES string of the molecule is C=C1C(=O)O[C@@H]2/C=C(\C)CC/C=C(\C)C[C@@H](OC(=O)/C(C)=C/CO)[C@@H]12. The van der Waals surface area contributed by atoms with Crippen LogP contribution in [-0.2, 0) is 19.1 Å². The molecule has 1 fully saturated rings. The fourth-order valence-electron chi connectivity index (χ4n) is 3.18. The van der Waals surface area contributed by atoms with E-state index >= 15 is 0 Å². The van der Waals surface area contributed by atoms with Crippen molar-refractivity contribution in [3.05, 3.63) is 47.1 Å². The van der Waals surface area contributed by atoms with E-state index in [4.69, 9.17) is 14.6 Å². The van der Waals surface area contributed by atoms with E-state index in [1.807, 2.05) is 19.9 Å². The smallest absolute Gasteiger partial charge is 0.334 e. The number of rotatable bonds is 3. The lowest BCUT2D eigenvalue weighted by Crippen LogP contribution is -2.33. The van der Waals surface area contributed by atoms with E-state index in [0.717, 1.165) is 24.0 Å². The third-order valence-electron chi connectivity index (χ3n) is 4.64. The molecule has 0 spiro atoms. The van der Waals surface area contributed by atoms with Crippen LogP contribution in [0.5, 0.6) is 0 Å². The maximum atomic E-state index is 12.3. The molecule has 5 heteroatoms. The highest BCUT2D eigenvalue weighted by molar-refractivity contribution is 5.92. The maximum absolute atomic E-state index is 12.3. The van der Waals surface area contributed by atoms with Crippen molar-refractivity contribution in [1.29, 1.82) is 0 Å². The van der Waals surface area contributed by atoms with Crippen LogP contribution in [0.2, 0.25) is 0 Å². The molecular formula is C20H26O5. The van der Waals surface area contributed by atoms with Gasteiger partial charge >= 0.3 is 11.9 Å². The molecule has 136 valence electrons. The number of fused-ring (bicyclic) bond motifs is 1. The molecule has 0 radical (unpaired) electrons. The molecule has 25 heavy (non-hydrogen) atoms. The van der Waals surface area contributed by atoms with Crippen molar-refractivity contribution in [3.63, 3.8) is 0 Å². The zero-order valence-electron chi connectivity index (χ0n) is 15.1. The average molecular weight is 346 g/mol. The Morgan fingerprint density at radius 1 is 1.44 bits per heavy atom. The second-order valence-electron chi connectivity index (χ2n) is 6.74. The van der Waals surface area contributed by atoms with Crippen LogP contribution >= 0.6 is 0 Å². The van der Waals surface area contributed by atoms with Crippen molar-refractivity contribution in [2.24, 2.45) is 5.92 Å². The van der Waals surface area contributed by atoms with E-state index in [9.17, 15) is 9.59 Å². The number of esters is 2. The highest BCUT2D eigenvalue weighted by Crippen LogP contribution is 2.36. The normalized spacial score (nSPS) is 32.0. The Hall–Kier alpha value is -2.14. The molecule has 1 saturated heterocycles. The molecule has 1 aliphatic heterocycles. The lowest BCUT2D eigenvalue weighted by Gasteiger charge is -2.27. The molecule has 0 aromatic rings. The van der Waals surface area contributed by atoms with Crippen LogP contribution in [0.3, 0.4) is 0 Å². The highest BCUT2D eigenvalue weighted by Gasteiger charge is 2.44. The van der Waals surface area contributed by atoms with Crippen molar-refractivity contribution < 1.29 is 24.2 Å². The predicted octanol–water partition coefficient (Wildman–Crippen LogP) is 3.01. The summed E-state index contributed by atoms with van der Waals surface area (Å²) in [5, 5.41) is 8.96. The third-order valence-corrected chi connectivity index (χ3v) is 4.64. The Kier molecular flexibility index (Phi) is 6.37. The van der Waals surface area contributed by atoms with Crippen LogP contribution in [0, 0.1) is 5.92 Å². The fourth-order valence-corrected chi connectivity index (χ4v) is 3.18. The first-order valence-corrected chi connectivity index (χ1v) is 8.54. The van der Waals surface area contributed by atoms with Gasteiger partial charge < -0.3 is 14.6 Å². The number of aliphatic hydroxyl groups is 1. The summed E-state index contributed by atoms with van der Waals surface area (Å²) in [6.07, 6.45) is 6.77. The molecule has 0 amide bonds. The van der Waals surface area contributed by atoms with Crippen LogP contribution in [0.25, 0.3) is 0 Å². The predicted molar refractivity (Wildman–Crippen MR) is 94.6 cm³/mol. The lowest BCUT2D eigenvalue weighted by atomic mass is 9.85. The molecule has 2 aliphatic rings. The minimum Gasteiger partial charge on any atom is -0.458 e. The number of aliphatic hydroxyl groups excluding tert-OH is 1. The van der Waals surface area contributed by atoms with Gasteiger partial charge in [-0.25, -0.2) is 9.59 Å². The van der Waals surface area contributed by atoms with Gasteiger partial charge in [0.15, 0.2) is 0 Å². The monoisotopic (exact) mass is 346 g/mol. The Balaban J connectivity index is 2.36. The zero-order valence-corrected chi connectivity index (χ0v) is 15.1. The minimum atomic E-state index is -0.545. The van der Waals surface area contributed by atoms with Crippen LogP contribution < -0.4 is 0 Å². The van der Waals surface area contributed by atoms with Gasteiger partial charge in [-0.1, -0.05) is 23.8 Å². The summed E-state index contributed by atoms with van der Waals surface area (Å²) in [6, 6.07) is 0. The summed E-state index contributed by atoms with van der Waals surface area (Å²) in [5.41, 5.74) is 2.90. The Bertz CT molecular complexity index is 653. The van der Waals surface area contributed by atoms with E-state index in [0.29, 0.717) is 17.6 Å². The third kappa shape index (κ3) is 4.69. The topological polar surface area (TPSA) is 72.8 Å². The number of ether oxygens (including phenoxy) is 2. The van der Waals surface area contributed by atoms with E-state index < -0.39 is 30.1 Å². The minimum absolute atomic E-state index is 0.229.